The largest absolute Gasteiger partial charge is 0.467 e. The van der Waals surface area contributed by atoms with Crippen molar-refractivity contribution in [3.8, 4) is 0 Å². The highest BCUT2D eigenvalue weighted by molar-refractivity contribution is 5.79. The van der Waals surface area contributed by atoms with Crippen LogP contribution in [0.4, 0.5) is 0 Å². The van der Waals surface area contributed by atoms with Crippen molar-refractivity contribution in [3.63, 3.8) is 0 Å². The van der Waals surface area contributed by atoms with E-state index in [0.29, 0.717) is 13.1 Å². The maximum Gasteiger partial charge on any atom is 0.237 e. The van der Waals surface area contributed by atoms with Gasteiger partial charge in [-0.25, -0.2) is 0 Å². The summed E-state index contributed by atoms with van der Waals surface area (Å²) in [6, 6.07) is 14.6. The predicted octanol–water partition coefficient (Wildman–Crippen LogP) is 4.24. The fourth-order valence-electron chi connectivity index (χ4n) is 7.80. The van der Waals surface area contributed by atoms with Crippen LogP contribution in [0.25, 0.3) is 0 Å². The summed E-state index contributed by atoms with van der Waals surface area (Å²) < 4.78 is 11.3. The van der Waals surface area contributed by atoms with E-state index in [2.05, 4.69) is 45.4 Å². The normalized spacial score (nSPS) is 30.9. The van der Waals surface area contributed by atoms with Crippen molar-refractivity contribution in [3.05, 3.63) is 60.1 Å². The summed E-state index contributed by atoms with van der Waals surface area (Å²) in [7, 11) is 0. The van der Waals surface area contributed by atoms with E-state index in [9.17, 15) is 4.79 Å². The SMILES string of the molecule is O=C(CNC(CN1CCOCC1)c1ccccc1)N(Cc1ccco1)C12CC3CC(CC(C3)C1)C2. The molecule has 1 amide bonds. The average molecular weight is 478 g/mol. The van der Waals surface area contributed by atoms with Crippen molar-refractivity contribution in [2.45, 2.75) is 56.7 Å². The minimum absolute atomic E-state index is 0.00670. The van der Waals surface area contributed by atoms with Crippen molar-refractivity contribution < 1.29 is 13.9 Å². The number of rotatable bonds is 9. The van der Waals surface area contributed by atoms with Crippen LogP contribution >= 0.6 is 0 Å². The van der Waals surface area contributed by atoms with Crippen molar-refractivity contribution in [1.29, 1.82) is 0 Å². The molecule has 1 aliphatic heterocycles. The molecule has 1 N–H and O–H groups in total. The number of amides is 1. The van der Waals surface area contributed by atoms with Crippen LogP contribution < -0.4 is 5.32 Å². The lowest BCUT2D eigenvalue weighted by Crippen LogP contribution is -2.62. The number of furan rings is 1. The van der Waals surface area contributed by atoms with Crippen LogP contribution in [0.15, 0.2) is 53.1 Å². The van der Waals surface area contributed by atoms with Gasteiger partial charge >= 0.3 is 0 Å². The summed E-state index contributed by atoms with van der Waals surface area (Å²) in [6.45, 7) is 5.27. The monoisotopic (exact) mass is 477 g/mol. The number of ether oxygens (including phenoxy) is 1. The Morgan fingerprint density at radius 1 is 1.00 bits per heavy atom. The minimum atomic E-state index is 0.00670. The fourth-order valence-corrected chi connectivity index (χ4v) is 7.80. The lowest BCUT2D eigenvalue weighted by atomic mass is 9.52. The number of hydrogen-bond donors (Lipinski definition) is 1. The van der Waals surface area contributed by atoms with Crippen LogP contribution in [0.5, 0.6) is 0 Å². The molecule has 2 heterocycles. The maximum atomic E-state index is 14.0. The predicted molar refractivity (Wildman–Crippen MR) is 135 cm³/mol. The minimum Gasteiger partial charge on any atom is -0.467 e. The third-order valence-corrected chi connectivity index (χ3v) is 9.02. The molecule has 1 aromatic heterocycles. The number of hydrogen-bond acceptors (Lipinski definition) is 5. The van der Waals surface area contributed by atoms with E-state index in [1.807, 2.05) is 12.1 Å². The summed E-state index contributed by atoms with van der Waals surface area (Å²) in [5, 5.41) is 3.67. The fraction of sp³-hybridized carbons (Fsp3) is 0.621. The number of carbonyl (C=O) groups is 1. The second kappa shape index (κ2) is 10.1. The van der Waals surface area contributed by atoms with Crippen molar-refractivity contribution >= 4 is 5.91 Å². The molecular formula is C29H39N3O3. The second-order valence-electron chi connectivity index (χ2n) is 11.5. The molecule has 0 radical (unpaired) electrons. The van der Waals surface area contributed by atoms with E-state index in [0.717, 1.165) is 56.4 Å². The highest BCUT2D eigenvalue weighted by Gasteiger charge is 2.54. The van der Waals surface area contributed by atoms with Crippen LogP contribution in [0, 0.1) is 17.8 Å². The van der Waals surface area contributed by atoms with Gasteiger partial charge in [-0.15, -0.1) is 0 Å². The molecule has 1 aromatic carbocycles. The number of nitrogens with zero attached hydrogens (tertiary/aromatic N) is 2. The topological polar surface area (TPSA) is 58.0 Å². The van der Waals surface area contributed by atoms with Crippen molar-refractivity contribution in [2.75, 3.05) is 39.4 Å². The summed E-state index contributed by atoms with van der Waals surface area (Å²) >= 11 is 0. The zero-order valence-electron chi connectivity index (χ0n) is 20.7. The molecule has 7 rings (SSSR count). The first-order chi connectivity index (χ1) is 17.2. The van der Waals surface area contributed by atoms with Crippen LogP contribution in [0.3, 0.4) is 0 Å². The van der Waals surface area contributed by atoms with Crippen LogP contribution in [-0.2, 0) is 16.1 Å². The second-order valence-corrected chi connectivity index (χ2v) is 11.5. The van der Waals surface area contributed by atoms with Crippen LogP contribution in [0.1, 0.15) is 55.9 Å². The Labute approximate surface area is 209 Å². The van der Waals surface area contributed by atoms with E-state index >= 15 is 0 Å². The molecule has 5 aliphatic rings. The van der Waals surface area contributed by atoms with E-state index in [4.69, 9.17) is 9.15 Å². The van der Waals surface area contributed by atoms with Gasteiger partial charge in [-0.2, -0.15) is 0 Å². The van der Waals surface area contributed by atoms with Gasteiger partial charge in [0.25, 0.3) is 0 Å². The summed E-state index contributed by atoms with van der Waals surface area (Å²) in [5.74, 6) is 3.48. The van der Waals surface area contributed by atoms with Gasteiger partial charge in [-0.3, -0.25) is 9.69 Å². The summed E-state index contributed by atoms with van der Waals surface area (Å²) in [4.78, 5) is 18.7. The molecular weight excluding hydrogens is 438 g/mol. The Balaban J connectivity index is 1.20. The zero-order valence-corrected chi connectivity index (χ0v) is 20.7. The molecule has 0 spiro atoms. The van der Waals surface area contributed by atoms with E-state index < -0.39 is 0 Å². The molecule has 188 valence electrons. The molecule has 5 fully saturated rings. The zero-order chi connectivity index (χ0) is 23.7. The summed E-state index contributed by atoms with van der Waals surface area (Å²) in [6.07, 6.45) is 9.34. The Morgan fingerprint density at radius 3 is 2.31 bits per heavy atom. The van der Waals surface area contributed by atoms with Gasteiger partial charge < -0.3 is 19.4 Å². The molecule has 1 unspecified atom stereocenters. The maximum absolute atomic E-state index is 14.0. The molecule has 6 heteroatoms. The van der Waals surface area contributed by atoms with Crippen LogP contribution in [-0.4, -0.2) is 60.6 Å². The molecule has 4 saturated carbocycles. The Kier molecular flexibility index (Phi) is 6.70. The Bertz CT molecular complexity index is 935. The van der Waals surface area contributed by atoms with Crippen molar-refractivity contribution in [1.82, 2.24) is 15.1 Å². The van der Waals surface area contributed by atoms with Gasteiger partial charge in [0.05, 0.1) is 32.6 Å². The summed E-state index contributed by atoms with van der Waals surface area (Å²) in [5.41, 5.74) is 1.24. The molecule has 1 saturated heterocycles. The lowest BCUT2D eigenvalue weighted by Gasteiger charge is -2.60. The molecule has 1 atom stereocenters. The third kappa shape index (κ3) is 5.07. The number of carbonyl (C=O) groups excluding carboxylic acids is 1. The van der Waals surface area contributed by atoms with Gasteiger partial charge in [-0.1, -0.05) is 30.3 Å². The first-order valence-corrected chi connectivity index (χ1v) is 13.6. The smallest absolute Gasteiger partial charge is 0.237 e. The molecule has 6 nitrogen and oxygen atoms in total. The average Bonchev–Trinajstić information content (AvgIpc) is 3.39. The molecule has 2 aromatic rings. The quantitative estimate of drug-likeness (QED) is 0.586. The van der Waals surface area contributed by atoms with Gasteiger partial charge in [-0.05, 0) is 74.0 Å². The van der Waals surface area contributed by atoms with E-state index in [1.165, 1.54) is 44.1 Å². The number of benzene rings is 1. The van der Waals surface area contributed by atoms with Gasteiger partial charge in [0.1, 0.15) is 5.76 Å². The molecule has 35 heavy (non-hydrogen) atoms. The van der Waals surface area contributed by atoms with Gasteiger partial charge in [0, 0.05) is 31.2 Å². The molecule has 4 bridgehead atoms. The lowest BCUT2D eigenvalue weighted by molar-refractivity contribution is -0.152. The highest BCUT2D eigenvalue weighted by Crippen LogP contribution is 2.58. The van der Waals surface area contributed by atoms with E-state index in [1.54, 1.807) is 6.26 Å². The first kappa shape index (κ1) is 23.3. The Hall–Kier alpha value is -2.15. The van der Waals surface area contributed by atoms with E-state index in [-0.39, 0.29) is 17.5 Å². The highest BCUT2D eigenvalue weighted by atomic mass is 16.5. The van der Waals surface area contributed by atoms with Crippen LogP contribution in [0.2, 0.25) is 0 Å². The van der Waals surface area contributed by atoms with Gasteiger partial charge in [0.15, 0.2) is 0 Å². The number of morpholine rings is 1. The van der Waals surface area contributed by atoms with Crippen molar-refractivity contribution in [2.24, 2.45) is 17.8 Å². The van der Waals surface area contributed by atoms with Gasteiger partial charge in [0.2, 0.25) is 5.91 Å². The third-order valence-electron chi connectivity index (χ3n) is 9.02. The molecule has 4 aliphatic carbocycles. The number of nitrogens with one attached hydrogen (secondary N) is 1. The first-order valence-electron chi connectivity index (χ1n) is 13.6. The standard InChI is InChI=1S/C29H39N3O3/c33-28(19-30-27(25-5-2-1-3-6-25)21-31-8-11-34-12-9-31)32(20-26-7-4-10-35-26)29-16-22-13-23(17-29)15-24(14-22)18-29/h1-7,10,22-24,27,30H,8-9,11-21H2. The Morgan fingerprint density at radius 2 is 1.69 bits per heavy atom.